The minimum Gasteiger partial charge on any atom is -0.312 e. The predicted molar refractivity (Wildman–Crippen MR) is 85.0 cm³/mol. The quantitative estimate of drug-likeness (QED) is 0.901. The molecule has 110 valence electrons. The number of fused-ring (bicyclic) bond motifs is 1. The van der Waals surface area contributed by atoms with Gasteiger partial charge in [-0.2, -0.15) is 0 Å². The Morgan fingerprint density at radius 3 is 2.45 bits per heavy atom. The highest BCUT2D eigenvalue weighted by molar-refractivity contribution is 5.36. The summed E-state index contributed by atoms with van der Waals surface area (Å²) in [6, 6.07) is 10.8. The van der Waals surface area contributed by atoms with Crippen molar-refractivity contribution in [3.05, 3.63) is 35.4 Å². The van der Waals surface area contributed by atoms with E-state index in [0.29, 0.717) is 24.0 Å². The highest BCUT2D eigenvalue weighted by Gasteiger charge is 2.39. The van der Waals surface area contributed by atoms with Crippen molar-refractivity contribution < 1.29 is 0 Å². The van der Waals surface area contributed by atoms with Gasteiger partial charge >= 0.3 is 0 Å². The van der Waals surface area contributed by atoms with E-state index in [1.165, 1.54) is 30.4 Å². The Hall–Kier alpha value is -0.860. The van der Waals surface area contributed by atoms with Crippen molar-refractivity contribution in [3.8, 4) is 0 Å². The van der Waals surface area contributed by atoms with Crippen molar-refractivity contribution in [2.24, 2.45) is 5.92 Å². The Balaban J connectivity index is 1.88. The minimum atomic E-state index is 0.466. The molecular formula is C18H28N2. The minimum absolute atomic E-state index is 0.466. The number of hydrogen-bond acceptors (Lipinski definition) is 2. The fourth-order valence-corrected chi connectivity index (χ4v) is 4.04. The fraction of sp³-hybridized carbons (Fsp3) is 0.667. The third-order valence-corrected chi connectivity index (χ3v) is 5.62. The molecule has 0 heterocycles. The molecule has 1 fully saturated rings. The number of hydrogen-bond donors (Lipinski definition) is 1. The molecule has 1 saturated carbocycles. The number of benzene rings is 1. The van der Waals surface area contributed by atoms with Crippen molar-refractivity contribution in [2.45, 2.75) is 57.2 Å². The van der Waals surface area contributed by atoms with Crippen LogP contribution in [0.3, 0.4) is 0 Å². The lowest BCUT2D eigenvalue weighted by Gasteiger charge is -2.44. The first kappa shape index (κ1) is 14.1. The summed E-state index contributed by atoms with van der Waals surface area (Å²) in [6.45, 7) is 4.79. The van der Waals surface area contributed by atoms with Gasteiger partial charge in [-0.15, -0.1) is 0 Å². The van der Waals surface area contributed by atoms with E-state index in [2.05, 4.69) is 62.4 Å². The standard InChI is InChI=1S/C18H28N2/c1-12-11-17(20(4)13(2)14-9-10-14)18(19-3)16-8-6-5-7-15(12)16/h5-8,12-14,17-19H,9-11H2,1-4H3. The molecule has 0 radical (unpaired) electrons. The SMILES string of the molecule is CNC1c2ccccc2C(C)CC1N(C)C(C)C1CC1. The smallest absolute Gasteiger partial charge is 0.0478 e. The Morgan fingerprint density at radius 2 is 1.85 bits per heavy atom. The van der Waals surface area contributed by atoms with Crippen molar-refractivity contribution >= 4 is 0 Å². The monoisotopic (exact) mass is 272 g/mol. The van der Waals surface area contributed by atoms with Crippen LogP contribution in [-0.2, 0) is 0 Å². The molecule has 0 saturated heterocycles. The Morgan fingerprint density at radius 1 is 1.20 bits per heavy atom. The molecule has 2 heteroatoms. The number of nitrogens with zero attached hydrogens (tertiary/aromatic N) is 1. The summed E-state index contributed by atoms with van der Waals surface area (Å²) in [5, 5.41) is 3.58. The zero-order valence-corrected chi connectivity index (χ0v) is 13.3. The van der Waals surface area contributed by atoms with Gasteiger partial charge in [0.05, 0.1) is 0 Å². The van der Waals surface area contributed by atoms with Gasteiger partial charge in [0.1, 0.15) is 0 Å². The van der Waals surface area contributed by atoms with Crippen LogP contribution in [0.25, 0.3) is 0 Å². The lowest BCUT2D eigenvalue weighted by molar-refractivity contribution is 0.115. The fourth-order valence-electron chi connectivity index (χ4n) is 4.04. The first-order valence-electron chi connectivity index (χ1n) is 8.11. The summed E-state index contributed by atoms with van der Waals surface area (Å²) in [5.74, 6) is 1.60. The maximum atomic E-state index is 3.58. The Labute approximate surface area is 123 Å². The van der Waals surface area contributed by atoms with Gasteiger partial charge in [-0.05, 0) is 63.2 Å². The second-order valence-corrected chi connectivity index (χ2v) is 6.84. The van der Waals surface area contributed by atoms with Gasteiger partial charge in [0, 0.05) is 18.1 Å². The molecule has 4 unspecified atom stereocenters. The summed E-state index contributed by atoms with van der Waals surface area (Å²) in [6.07, 6.45) is 4.11. The number of rotatable bonds is 4. The van der Waals surface area contributed by atoms with Crippen LogP contribution in [-0.4, -0.2) is 31.1 Å². The first-order valence-corrected chi connectivity index (χ1v) is 8.11. The average molecular weight is 272 g/mol. The van der Waals surface area contributed by atoms with Crippen LogP contribution in [0.5, 0.6) is 0 Å². The third kappa shape index (κ3) is 2.40. The van der Waals surface area contributed by atoms with E-state index in [4.69, 9.17) is 0 Å². The van der Waals surface area contributed by atoms with Gasteiger partial charge in [-0.1, -0.05) is 31.2 Å². The summed E-state index contributed by atoms with van der Waals surface area (Å²) >= 11 is 0. The van der Waals surface area contributed by atoms with E-state index >= 15 is 0 Å². The van der Waals surface area contributed by atoms with Gasteiger partial charge in [-0.3, -0.25) is 4.90 Å². The van der Waals surface area contributed by atoms with E-state index in [1.54, 1.807) is 0 Å². The van der Waals surface area contributed by atoms with E-state index in [1.807, 2.05) is 0 Å². The lowest BCUT2D eigenvalue weighted by atomic mass is 9.77. The Kier molecular flexibility index (Phi) is 3.87. The molecule has 1 aromatic rings. The topological polar surface area (TPSA) is 15.3 Å². The zero-order valence-electron chi connectivity index (χ0n) is 13.3. The maximum Gasteiger partial charge on any atom is 0.0478 e. The summed E-state index contributed by atoms with van der Waals surface area (Å²) in [4.78, 5) is 2.64. The van der Waals surface area contributed by atoms with Crippen molar-refractivity contribution in [1.29, 1.82) is 0 Å². The summed E-state index contributed by atoms with van der Waals surface area (Å²) in [7, 11) is 4.44. The van der Waals surface area contributed by atoms with Crippen molar-refractivity contribution in [3.63, 3.8) is 0 Å². The van der Waals surface area contributed by atoms with Crippen LogP contribution in [0.15, 0.2) is 24.3 Å². The van der Waals surface area contributed by atoms with Crippen LogP contribution in [0.2, 0.25) is 0 Å². The molecule has 0 amide bonds. The molecule has 2 aliphatic rings. The van der Waals surface area contributed by atoms with E-state index in [9.17, 15) is 0 Å². The second-order valence-electron chi connectivity index (χ2n) is 6.84. The second kappa shape index (κ2) is 5.50. The van der Waals surface area contributed by atoms with Gasteiger partial charge in [0.25, 0.3) is 0 Å². The van der Waals surface area contributed by atoms with Crippen LogP contribution >= 0.6 is 0 Å². The Bertz CT molecular complexity index is 466. The average Bonchev–Trinajstić information content (AvgIpc) is 3.30. The maximum absolute atomic E-state index is 3.58. The number of likely N-dealkylation sites (N-methyl/N-ethyl adjacent to an activating group) is 2. The first-order chi connectivity index (χ1) is 9.63. The van der Waals surface area contributed by atoms with Crippen molar-refractivity contribution in [2.75, 3.05) is 14.1 Å². The molecule has 2 nitrogen and oxygen atoms in total. The van der Waals surface area contributed by atoms with Crippen LogP contribution in [0, 0.1) is 5.92 Å². The van der Waals surface area contributed by atoms with Gasteiger partial charge in [-0.25, -0.2) is 0 Å². The molecule has 0 aliphatic heterocycles. The number of nitrogens with one attached hydrogen (secondary N) is 1. The largest absolute Gasteiger partial charge is 0.312 e. The van der Waals surface area contributed by atoms with Crippen molar-refractivity contribution in [1.82, 2.24) is 10.2 Å². The van der Waals surface area contributed by atoms with E-state index in [-0.39, 0.29) is 0 Å². The molecule has 2 aliphatic carbocycles. The molecule has 0 aromatic heterocycles. The predicted octanol–water partition coefficient (Wildman–Crippen LogP) is 3.55. The van der Waals surface area contributed by atoms with Gasteiger partial charge < -0.3 is 5.32 Å². The highest BCUT2D eigenvalue weighted by Crippen LogP contribution is 2.42. The normalized spacial score (nSPS) is 31.1. The third-order valence-electron chi connectivity index (χ3n) is 5.62. The molecule has 0 spiro atoms. The van der Waals surface area contributed by atoms with E-state index < -0.39 is 0 Å². The van der Waals surface area contributed by atoms with Gasteiger partial charge in [0.15, 0.2) is 0 Å². The van der Waals surface area contributed by atoms with Crippen LogP contribution < -0.4 is 5.32 Å². The molecule has 1 aromatic carbocycles. The zero-order chi connectivity index (χ0) is 14.3. The molecule has 20 heavy (non-hydrogen) atoms. The summed E-state index contributed by atoms with van der Waals surface area (Å²) < 4.78 is 0. The highest BCUT2D eigenvalue weighted by atomic mass is 15.2. The lowest BCUT2D eigenvalue weighted by Crippen LogP contribution is -2.49. The molecule has 3 rings (SSSR count). The van der Waals surface area contributed by atoms with Gasteiger partial charge in [0.2, 0.25) is 0 Å². The van der Waals surface area contributed by atoms with E-state index in [0.717, 1.165) is 5.92 Å². The van der Waals surface area contributed by atoms with Crippen LogP contribution in [0.1, 0.15) is 56.2 Å². The van der Waals surface area contributed by atoms with Crippen LogP contribution in [0.4, 0.5) is 0 Å². The molecular weight excluding hydrogens is 244 g/mol. The molecule has 4 atom stereocenters. The molecule has 1 N–H and O–H groups in total. The molecule has 0 bridgehead atoms. The summed E-state index contributed by atoms with van der Waals surface area (Å²) in [5.41, 5.74) is 3.05.